The van der Waals surface area contributed by atoms with Gasteiger partial charge in [-0.3, -0.25) is 0 Å². The van der Waals surface area contributed by atoms with Crippen molar-refractivity contribution in [1.82, 2.24) is 9.55 Å². The molecular weight excluding hydrogens is 206 g/mol. The highest BCUT2D eigenvalue weighted by Gasteiger charge is 2.23. The third-order valence-corrected chi connectivity index (χ3v) is 3.33. The maximum absolute atomic E-state index is 9.46. The molecule has 1 atom stereocenters. The molecule has 0 bridgehead atoms. The molecule has 0 radical (unpaired) electrons. The Morgan fingerprint density at radius 1 is 1.44 bits per heavy atom. The van der Waals surface area contributed by atoms with Gasteiger partial charge in [-0.25, -0.2) is 4.98 Å². The van der Waals surface area contributed by atoms with Gasteiger partial charge in [0.2, 0.25) is 0 Å². The lowest BCUT2D eigenvalue weighted by Gasteiger charge is -2.28. The highest BCUT2D eigenvalue weighted by molar-refractivity contribution is 5.06. The summed E-state index contributed by atoms with van der Waals surface area (Å²) in [6.07, 6.45) is 6.88. The van der Waals surface area contributed by atoms with Crippen molar-refractivity contribution in [2.24, 2.45) is 5.73 Å². The van der Waals surface area contributed by atoms with E-state index in [2.05, 4.69) is 4.98 Å². The molecular formula is C11H19N3O2. The monoisotopic (exact) mass is 225 g/mol. The van der Waals surface area contributed by atoms with Gasteiger partial charge < -0.3 is 20.5 Å². The van der Waals surface area contributed by atoms with Gasteiger partial charge in [0, 0.05) is 12.2 Å². The maximum Gasteiger partial charge on any atom is 0.0951 e. The maximum atomic E-state index is 9.46. The zero-order valence-electron chi connectivity index (χ0n) is 9.29. The molecule has 5 nitrogen and oxygen atoms in total. The van der Waals surface area contributed by atoms with Gasteiger partial charge in [-0.15, -0.1) is 0 Å². The van der Waals surface area contributed by atoms with Gasteiger partial charge in [0.1, 0.15) is 0 Å². The van der Waals surface area contributed by atoms with Gasteiger partial charge in [-0.1, -0.05) is 0 Å². The van der Waals surface area contributed by atoms with Gasteiger partial charge in [-0.05, 0) is 25.7 Å². The first-order chi connectivity index (χ1) is 7.72. The van der Waals surface area contributed by atoms with Crippen LogP contribution >= 0.6 is 0 Å². The van der Waals surface area contributed by atoms with E-state index < -0.39 is 0 Å². The Kier molecular flexibility index (Phi) is 3.58. The predicted molar refractivity (Wildman–Crippen MR) is 59.8 cm³/mol. The molecule has 0 spiro atoms. The number of aliphatic hydroxyl groups excluding tert-OH is 2. The minimum absolute atomic E-state index is 0.0684. The number of hydrogen-bond acceptors (Lipinski definition) is 4. The Hall–Kier alpha value is -0.910. The molecule has 1 saturated carbocycles. The number of hydrogen-bond donors (Lipinski definition) is 3. The smallest absolute Gasteiger partial charge is 0.0951 e. The fourth-order valence-electron chi connectivity index (χ4n) is 2.34. The highest BCUT2D eigenvalue weighted by Crippen LogP contribution is 2.30. The van der Waals surface area contributed by atoms with Crippen LogP contribution in [0.15, 0.2) is 12.5 Å². The average Bonchev–Trinajstić information content (AvgIpc) is 2.78. The van der Waals surface area contributed by atoms with Crippen LogP contribution in [-0.2, 0) is 0 Å². The number of aliphatic hydroxyl groups is 2. The van der Waals surface area contributed by atoms with E-state index in [9.17, 15) is 5.11 Å². The topological polar surface area (TPSA) is 84.3 Å². The summed E-state index contributed by atoms with van der Waals surface area (Å²) in [6.45, 7) is -0.0684. The molecule has 0 amide bonds. The molecule has 1 aliphatic rings. The second kappa shape index (κ2) is 4.95. The normalized spacial score (nSPS) is 27.9. The number of rotatable bonds is 3. The van der Waals surface area contributed by atoms with Crippen LogP contribution in [0.4, 0.5) is 0 Å². The van der Waals surface area contributed by atoms with Crippen molar-refractivity contribution in [2.75, 3.05) is 6.61 Å². The molecule has 5 heteroatoms. The summed E-state index contributed by atoms with van der Waals surface area (Å²) in [5.41, 5.74) is 6.69. The molecule has 1 fully saturated rings. The van der Waals surface area contributed by atoms with Crippen LogP contribution in [0.1, 0.15) is 43.5 Å². The second-order valence-electron chi connectivity index (χ2n) is 4.48. The molecule has 1 heterocycles. The van der Waals surface area contributed by atoms with E-state index in [0.29, 0.717) is 6.04 Å². The fraction of sp³-hybridized carbons (Fsp3) is 0.727. The van der Waals surface area contributed by atoms with E-state index in [0.717, 1.165) is 31.4 Å². The molecule has 0 aliphatic heterocycles. The van der Waals surface area contributed by atoms with E-state index in [4.69, 9.17) is 10.8 Å². The lowest BCUT2D eigenvalue weighted by molar-refractivity contribution is 0.109. The number of imidazole rings is 1. The minimum atomic E-state index is -0.366. The van der Waals surface area contributed by atoms with Crippen molar-refractivity contribution in [3.8, 4) is 0 Å². The summed E-state index contributed by atoms with van der Waals surface area (Å²) in [5, 5.41) is 18.5. The van der Waals surface area contributed by atoms with Crippen LogP contribution < -0.4 is 5.73 Å². The summed E-state index contributed by atoms with van der Waals surface area (Å²) >= 11 is 0. The van der Waals surface area contributed by atoms with E-state index in [1.165, 1.54) is 0 Å². The molecule has 1 aromatic heterocycles. The summed E-state index contributed by atoms with van der Waals surface area (Å²) in [5.74, 6) is 0. The molecule has 4 N–H and O–H groups in total. The van der Waals surface area contributed by atoms with E-state index in [-0.39, 0.29) is 18.8 Å². The molecule has 2 rings (SSSR count). The third kappa shape index (κ3) is 2.26. The molecule has 1 aliphatic carbocycles. The largest absolute Gasteiger partial charge is 0.394 e. The lowest BCUT2D eigenvalue weighted by atomic mass is 9.92. The SMILES string of the molecule is NC(CO)c1cncn1C1CCC(O)CC1. The molecule has 16 heavy (non-hydrogen) atoms. The van der Waals surface area contributed by atoms with Crippen LogP contribution in [0.25, 0.3) is 0 Å². The number of nitrogens with two attached hydrogens (primary N) is 1. The van der Waals surface area contributed by atoms with Crippen LogP contribution in [-0.4, -0.2) is 32.5 Å². The van der Waals surface area contributed by atoms with Crippen molar-refractivity contribution in [3.63, 3.8) is 0 Å². The molecule has 90 valence electrons. The van der Waals surface area contributed by atoms with Crippen LogP contribution in [0.2, 0.25) is 0 Å². The van der Waals surface area contributed by atoms with Crippen molar-refractivity contribution in [3.05, 3.63) is 18.2 Å². The van der Waals surface area contributed by atoms with Crippen molar-refractivity contribution in [1.29, 1.82) is 0 Å². The zero-order valence-corrected chi connectivity index (χ0v) is 9.29. The van der Waals surface area contributed by atoms with Gasteiger partial charge in [0.25, 0.3) is 0 Å². The first-order valence-corrected chi connectivity index (χ1v) is 5.78. The quantitative estimate of drug-likeness (QED) is 0.693. The zero-order chi connectivity index (χ0) is 11.5. The summed E-state index contributed by atoms with van der Waals surface area (Å²) in [7, 11) is 0. The minimum Gasteiger partial charge on any atom is -0.394 e. The molecule has 1 unspecified atom stereocenters. The predicted octanol–water partition coefficient (Wildman–Crippen LogP) is 0.351. The Morgan fingerprint density at radius 2 is 2.12 bits per heavy atom. The van der Waals surface area contributed by atoms with Crippen molar-refractivity contribution >= 4 is 0 Å². The Labute approximate surface area is 94.9 Å². The van der Waals surface area contributed by atoms with E-state index >= 15 is 0 Å². The number of nitrogens with zero attached hydrogens (tertiary/aromatic N) is 2. The van der Waals surface area contributed by atoms with Crippen LogP contribution in [0.3, 0.4) is 0 Å². The highest BCUT2D eigenvalue weighted by atomic mass is 16.3. The Morgan fingerprint density at radius 3 is 2.75 bits per heavy atom. The first kappa shape index (κ1) is 11.6. The Bertz CT molecular complexity index is 332. The molecule has 1 aromatic rings. The standard InChI is InChI=1S/C11H19N3O2/c12-10(6-15)11-5-13-7-14(11)8-1-3-9(16)4-2-8/h5,7-10,15-16H,1-4,6,12H2. The van der Waals surface area contributed by atoms with Gasteiger partial charge in [0.15, 0.2) is 0 Å². The van der Waals surface area contributed by atoms with E-state index in [1.54, 1.807) is 12.5 Å². The van der Waals surface area contributed by atoms with Crippen molar-refractivity contribution < 1.29 is 10.2 Å². The summed E-state index contributed by atoms with van der Waals surface area (Å²) < 4.78 is 2.05. The van der Waals surface area contributed by atoms with Crippen molar-refractivity contribution in [2.45, 2.75) is 43.9 Å². The fourth-order valence-corrected chi connectivity index (χ4v) is 2.34. The Balaban J connectivity index is 2.11. The van der Waals surface area contributed by atoms with E-state index in [1.807, 2.05) is 4.57 Å². The second-order valence-corrected chi connectivity index (χ2v) is 4.48. The summed E-state index contributed by atoms with van der Waals surface area (Å²) in [6, 6.07) is -0.00662. The van der Waals surface area contributed by atoms with Gasteiger partial charge in [0.05, 0.1) is 30.8 Å². The third-order valence-electron chi connectivity index (χ3n) is 3.33. The van der Waals surface area contributed by atoms with Gasteiger partial charge >= 0.3 is 0 Å². The van der Waals surface area contributed by atoms with Crippen LogP contribution in [0.5, 0.6) is 0 Å². The number of aromatic nitrogens is 2. The van der Waals surface area contributed by atoms with Gasteiger partial charge in [-0.2, -0.15) is 0 Å². The summed E-state index contributed by atoms with van der Waals surface area (Å²) in [4.78, 5) is 4.09. The average molecular weight is 225 g/mol. The molecule has 0 saturated heterocycles. The van der Waals surface area contributed by atoms with Crippen LogP contribution in [0, 0.1) is 0 Å². The molecule has 0 aromatic carbocycles. The lowest BCUT2D eigenvalue weighted by Crippen LogP contribution is -2.25. The first-order valence-electron chi connectivity index (χ1n) is 5.78.